The van der Waals surface area contributed by atoms with Crippen molar-refractivity contribution in [3.05, 3.63) is 68.7 Å². The van der Waals surface area contributed by atoms with E-state index in [0.717, 1.165) is 15.8 Å². The molecule has 0 saturated carbocycles. The molecule has 3 rings (SSSR count). The maximum absolute atomic E-state index is 13.0. The molecule has 152 valence electrons. The van der Waals surface area contributed by atoms with Gasteiger partial charge in [0.15, 0.2) is 0 Å². The smallest absolute Gasteiger partial charge is 0.282 e. The lowest BCUT2D eigenvalue weighted by molar-refractivity contribution is 0.198. The molecule has 5 nitrogen and oxygen atoms in total. The van der Waals surface area contributed by atoms with Gasteiger partial charge in [0.1, 0.15) is 11.6 Å². The SMILES string of the molecule is CC(C)c1nc2ccc(Br)cc2c(=O)n1N=Cc1ccc(OCC(C)(C)C)cc1. The maximum atomic E-state index is 13.0. The zero-order valence-corrected chi connectivity index (χ0v) is 19.0. The highest BCUT2D eigenvalue weighted by Gasteiger charge is 2.14. The zero-order valence-electron chi connectivity index (χ0n) is 17.4. The zero-order chi connectivity index (χ0) is 21.2. The van der Waals surface area contributed by atoms with Gasteiger partial charge in [-0.25, -0.2) is 4.98 Å². The van der Waals surface area contributed by atoms with Crippen LogP contribution >= 0.6 is 15.9 Å². The largest absolute Gasteiger partial charge is 0.493 e. The van der Waals surface area contributed by atoms with Gasteiger partial charge in [-0.05, 0) is 53.4 Å². The van der Waals surface area contributed by atoms with E-state index in [1.807, 2.05) is 50.2 Å². The van der Waals surface area contributed by atoms with Crippen LogP contribution in [0.25, 0.3) is 10.9 Å². The standard InChI is InChI=1S/C23H26BrN3O2/c1-15(2)21-26-20-11-8-17(24)12-19(20)22(28)27(21)25-13-16-6-9-18(10-7-16)29-14-23(3,4)5/h6-13,15H,14H2,1-5H3. The third-order valence-corrected chi connectivity index (χ3v) is 4.72. The Hall–Kier alpha value is -2.47. The molecule has 0 amide bonds. The van der Waals surface area contributed by atoms with Crippen LogP contribution in [0.4, 0.5) is 0 Å². The fourth-order valence-corrected chi connectivity index (χ4v) is 3.09. The van der Waals surface area contributed by atoms with Crippen molar-refractivity contribution < 1.29 is 4.74 Å². The Balaban J connectivity index is 1.92. The molecule has 0 aliphatic carbocycles. The Labute approximate surface area is 179 Å². The van der Waals surface area contributed by atoms with E-state index in [4.69, 9.17) is 4.74 Å². The lowest BCUT2D eigenvalue weighted by Gasteiger charge is -2.18. The van der Waals surface area contributed by atoms with Crippen molar-refractivity contribution in [1.29, 1.82) is 0 Å². The molecule has 1 aromatic heterocycles. The number of aromatic nitrogens is 2. The quantitative estimate of drug-likeness (QED) is 0.471. The van der Waals surface area contributed by atoms with E-state index in [2.05, 4.69) is 46.8 Å². The van der Waals surface area contributed by atoms with Gasteiger partial charge in [-0.3, -0.25) is 4.79 Å². The number of hydrogen-bond donors (Lipinski definition) is 0. The van der Waals surface area contributed by atoms with E-state index in [0.29, 0.717) is 23.3 Å². The lowest BCUT2D eigenvalue weighted by atomic mass is 9.99. The Morgan fingerprint density at radius 1 is 1.17 bits per heavy atom. The van der Waals surface area contributed by atoms with E-state index in [-0.39, 0.29) is 16.9 Å². The number of halogens is 1. The van der Waals surface area contributed by atoms with Crippen LogP contribution in [0.5, 0.6) is 5.75 Å². The molecule has 6 heteroatoms. The number of hydrogen-bond acceptors (Lipinski definition) is 4. The summed E-state index contributed by atoms with van der Waals surface area (Å²) in [6.07, 6.45) is 1.67. The molecule has 2 aromatic carbocycles. The van der Waals surface area contributed by atoms with Gasteiger partial charge in [0.25, 0.3) is 5.56 Å². The molecule has 0 spiro atoms. The number of ether oxygens (including phenoxy) is 1. The van der Waals surface area contributed by atoms with E-state index < -0.39 is 0 Å². The summed E-state index contributed by atoms with van der Waals surface area (Å²) in [7, 11) is 0. The average molecular weight is 456 g/mol. The van der Waals surface area contributed by atoms with Crippen molar-refractivity contribution in [1.82, 2.24) is 9.66 Å². The van der Waals surface area contributed by atoms with Gasteiger partial charge in [-0.1, -0.05) is 50.5 Å². The second-order valence-electron chi connectivity index (χ2n) is 8.57. The Kier molecular flexibility index (Phi) is 6.22. The molecule has 0 aliphatic heterocycles. The van der Waals surface area contributed by atoms with Crippen molar-refractivity contribution in [2.45, 2.75) is 40.5 Å². The summed E-state index contributed by atoms with van der Waals surface area (Å²) in [5.74, 6) is 1.50. The summed E-state index contributed by atoms with van der Waals surface area (Å²) >= 11 is 3.42. The third-order valence-electron chi connectivity index (χ3n) is 4.22. The van der Waals surface area contributed by atoms with Crippen LogP contribution < -0.4 is 10.3 Å². The van der Waals surface area contributed by atoms with Crippen LogP contribution in [0.3, 0.4) is 0 Å². The van der Waals surface area contributed by atoms with Crippen molar-refractivity contribution in [2.24, 2.45) is 10.5 Å². The summed E-state index contributed by atoms with van der Waals surface area (Å²) in [5.41, 5.74) is 1.48. The summed E-state index contributed by atoms with van der Waals surface area (Å²) in [4.78, 5) is 17.7. The Morgan fingerprint density at radius 3 is 2.48 bits per heavy atom. The highest BCUT2D eigenvalue weighted by atomic mass is 79.9. The van der Waals surface area contributed by atoms with Gasteiger partial charge in [0, 0.05) is 10.4 Å². The van der Waals surface area contributed by atoms with Crippen molar-refractivity contribution in [3.8, 4) is 5.75 Å². The van der Waals surface area contributed by atoms with E-state index in [1.165, 1.54) is 4.68 Å². The van der Waals surface area contributed by atoms with Crippen LogP contribution in [0.15, 0.2) is 56.8 Å². The number of nitrogens with zero attached hydrogens (tertiary/aromatic N) is 3. The van der Waals surface area contributed by atoms with Gasteiger partial charge in [-0.15, -0.1) is 0 Å². The molecule has 0 fully saturated rings. The van der Waals surface area contributed by atoms with Crippen molar-refractivity contribution in [3.63, 3.8) is 0 Å². The van der Waals surface area contributed by atoms with Crippen molar-refractivity contribution in [2.75, 3.05) is 6.61 Å². The monoisotopic (exact) mass is 455 g/mol. The van der Waals surface area contributed by atoms with Gasteiger partial charge in [-0.2, -0.15) is 9.78 Å². The first-order chi connectivity index (χ1) is 13.6. The van der Waals surface area contributed by atoms with E-state index >= 15 is 0 Å². The first-order valence-electron chi connectivity index (χ1n) is 9.63. The second kappa shape index (κ2) is 8.49. The molecule has 29 heavy (non-hydrogen) atoms. The summed E-state index contributed by atoms with van der Waals surface area (Å²) in [5, 5.41) is 4.99. The summed E-state index contributed by atoms with van der Waals surface area (Å²) in [6.45, 7) is 11.0. The Bertz CT molecular complexity index is 1090. The number of fused-ring (bicyclic) bond motifs is 1. The highest BCUT2D eigenvalue weighted by molar-refractivity contribution is 9.10. The van der Waals surface area contributed by atoms with E-state index in [9.17, 15) is 4.79 Å². The minimum Gasteiger partial charge on any atom is -0.493 e. The van der Waals surface area contributed by atoms with Crippen LogP contribution in [0.2, 0.25) is 0 Å². The van der Waals surface area contributed by atoms with E-state index in [1.54, 1.807) is 12.3 Å². The highest BCUT2D eigenvalue weighted by Crippen LogP contribution is 2.20. The van der Waals surface area contributed by atoms with Crippen LogP contribution in [-0.4, -0.2) is 22.5 Å². The first kappa shape index (κ1) is 21.2. The lowest BCUT2D eigenvalue weighted by Crippen LogP contribution is -2.23. The maximum Gasteiger partial charge on any atom is 0.282 e. The number of benzene rings is 2. The van der Waals surface area contributed by atoms with Gasteiger partial charge in [0.2, 0.25) is 0 Å². The molecule has 0 radical (unpaired) electrons. The Morgan fingerprint density at radius 2 is 1.86 bits per heavy atom. The van der Waals surface area contributed by atoms with Crippen molar-refractivity contribution >= 4 is 33.0 Å². The molecule has 0 aliphatic rings. The van der Waals surface area contributed by atoms with Crippen LogP contribution in [0, 0.1) is 5.41 Å². The minimum atomic E-state index is -0.179. The minimum absolute atomic E-state index is 0.0565. The third kappa shape index (κ3) is 5.32. The fraction of sp³-hybridized carbons (Fsp3) is 0.348. The summed E-state index contributed by atoms with van der Waals surface area (Å²) < 4.78 is 8.03. The predicted molar refractivity (Wildman–Crippen MR) is 122 cm³/mol. The van der Waals surface area contributed by atoms with Gasteiger partial charge in [0.05, 0.1) is 23.7 Å². The average Bonchev–Trinajstić information content (AvgIpc) is 2.66. The second-order valence-corrected chi connectivity index (χ2v) is 9.48. The molecule has 0 N–H and O–H groups in total. The molecule has 0 unspecified atom stereocenters. The van der Waals surface area contributed by atoms with Gasteiger partial charge < -0.3 is 4.74 Å². The number of rotatable bonds is 5. The molecule has 1 heterocycles. The van der Waals surface area contributed by atoms with Gasteiger partial charge >= 0.3 is 0 Å². The topological polar surface area (TPSA) is 56.5 Å². The first-order valence-corrected chi connectivity index (χ1v) is 10.4. The molecule has 3 aromatic rings. The molecule has 0 atom stereocenters. The molecular weight excluding hydrogens is 430 g/mol. The molecular formula is C23H26BrN3O2. The molecule has 0 saturated heterocycles. The summed E-state index contributed by atoms with van der Waals surface area (Å²) in [6, 6.07) is 13.2. The fourth-order valence-electron chi connectivity index (χ4n) is 2.73. The van der Waals surface area contributed by atoms with Crippen LogP contribution in [-0.2, 0) is 0 Å². The normalized spacial score (nSPS) is 12.2. The van der Waals surface area contributed by atoms with Crippen LogP contribution in [0.1, 0.15) is 51.9 Å². The molecule has 0 bridgehead atoms. The predicted octanol–water partition coefficient (Wildman–Crippen LogP) is 5.59.